The molecule has 0 aromatic heterocycles. The molecule has 0 radical (unpaired) electrons. The number of carbonyl (C=O) groups is 2. The number of carboxylic acids is 1. The molecule has 0 aliphatic carbocycles. The van der Waals surface area contributed by atoms with Crippen LogP contribution in [0.4, 0.5) is 0 Å². The molecule has 6 nitrogen and oxygen atoms in total. The number of rotatable bonds is 3. The molecule has 0 bridgehead atoms. The second-order valence-electron chi connectivity index (χ2n) is 7.13. The third kappa shape index (κ3) is 3.95. The van der Waals surface area contributed by atoms with Crippen molar-refractivity contribution in [2.75, 3.05) is 19.8 Å². The highest BCUT2D eigenvalue weighted by Crippen LogP contribution is 2.30. The molecule has 1 saturated heterocycles. The van der Waals surface area contributed by atoms with Gasteiger partial charge in [0.15, 0.2) is 0 Å². The predicted molar refractivity (Wildman–Crippen MR) is 91.6 cm³/mol. The SMILES string of the molecule is CC(C)C1CN(C(=O)C2CCOCC2)Cc2ccc(C(=O)O)cc2O1. The molecule has 0 saturated carbocycles. The summed E-state index contributed by atoms with van der Waals surface area (Å²) >= 11 is 0. The van der Waals surface area contributed by atoms with Gasteiger partial charge in [-0.3, -0.25) is 4.79 Å². The topological polar surface area (TPSA) is 76.1 Å². The van der Waals surface area contributed by atoms with Crippen molar-refractivity contribution in [2.45, 2.75) is 39.3 Å². The van der Waals surface area contributed by atoms with E-state index >= 15 is 0 Å². The van der Waals surface area contributed by atoms with E-state index in [0.717, 1.165) is 18.4 Å². The molecule has 2 aliphatic rings. The summed E-state index contributed by atoms with van der Waals surface area (Å²) in [5, 5.41) is 9.21. The van der Waals surface area contributed by atoms with Gasteiger partial charge in [0.25, 0.3) is 0 Å². The molecule has 136 valence electrons. The van der Waals surface area contributed by atoms with Gasteiger partial charge in [0.05, 0.1) is 12.1 Å². The maximum atomic E-state index is 13.0. The first-order valence-electron chi connectivity index (χ1n) is 8.85. The maximum Gasteiger partial charge on any atom is 0.335 e. The maximum absolute atomic E-state index is 13.0. The van der Waals surface area contributed by atoms with Gasteiger partial charge < -0.3 is 19.5 Å². The first kappa shape index (κ1) is 17.7. The summed E-state index contributed by atoms with van der Waals surface area (Å²) in [6.07, 6.45) is 1.36. The van der Waals surface area contributed by atoms with Crippen LogP contribution < -0.4 is 4.74 Å². The number of hydrogen-bond acceptors (Lipinski definition) is 4. The van der Waals surface area contributed by atoms with Crippen LogP contribution in [0, 0.1) is 11.8 Å². The third-order valence-corrected chi connectivity index (χ3v) is 4.98. The molecule has 1 aromatic carbocycles. The molecule has 1 unspecified atom stereocenters. The van der Waals surface area contributed by atoms with Crippen molar-refractivity contribution < 1.29 is 24.2 Å². The van der Waals surface area contributed by atoms with Crippen LogP contribution >= 0.6 is 0 Å². The van der Waals surface area contributed by atoms with Crippen molar-refractivity contribution in [1.82, 2.24) is 4.90 Å². The van der Waals surface area contributed by atoms with Crippen molar-refractivity contribution in [1.29, 1.82) is 0 Å². The van der Waals surface area contributed by atoms with Gasteiger partial charge in [-0.15, -0.1) is 0 Å². The van der Waals surface area contributed by atoms with Crippen LogP contribution in [-0.2, 0) is 16.1 Å². The summed E-state index contributed by atoms with van der Waals surface area (Å²) in [4.78, 5) is 26.1. The van der Waals surface area contributed by atoms with Crippen LogP contribution in [0.25, 0.3) is 0 Å². The fourth-order valence-electron chi connectivity index (χ4n) is 3.33. The van der Waals surface area contributed by atoms with Crippen LogP contribution in [0.3, 0.4) is 0 Å². The van der Waals surface area contributed by atoms with E-state index in [1.54, 1.807) is 18.2 Å². The molecular weight excluding hydrogens is 322 g/mol. The molecule has 1 N–H and O–H groups in total. The summed E-state index contributed by atoms with van der Waals surface area (Å²) in [6.45, 7) is 6.33. The Kier molecular flexibility index (Phi) is 5.27. The van der Waals surface area contributed by atoms with E-state index < -0.39 is 5.97 Å². The number of ether oxygens (including phenoxy) is 2. The monoisotopic (exact) mass is 347 g/mol. The summed E-state index contributed by atoms with van der Waals surface area (Å²) < 4.78 is 11.5. The Morgan fingerprint density at radius 2 is 1.96 bits per heavy atom. The lowest BCUT2D eigenvalue weighted by Crippen LogP contribution is -2.43. The molecule has 2 aliphatic heterocycles. The normalized spacial score (nSPS) is 21.4. The van der Waals surface area contributed by atoms with E-state index in [0.29, 0.717) is 32.1 Å². The summed E-state index contributed by atoms with van der Waals surface area (Å²) in [5.74, 6) is -0.0497. The zero-order chi connectivity index (χ0) is 18.0. The minimum atomic E-state index is -0.980. The number of aromatic carboxylic acids is 1. The average Bonchev–Trinajstić information content (AvgIpc) is 2.80. The Morgan fingerprint density at radius 1 is 1.24 bits per heavy atom. The van der Waals surface area contributed by atoms with Gasteiger partial charge in [-0.05, 0) is 30.9 Å². The fourth-order valence-corrected chi connectivity index (χ4v) is 3.33. The smallest absolute Gasteiger partial charge is 0.335 e. The zero-order valence-electron chi connectivity index (χ0n) is 14.7. The molecular formula is C19H25NO5. The first-order chi connectivity index (χ1) is 12.0. The standard InChI is InChI=1S/C19H25NO5/c1-12(2)17-11-20(18(21)13-5-7-24-8-6-13)10-15-4-3-14(19(22)23)9-16(15)25-17/h3-4,9,12-13,17H,5-8,10-11H2,1-2H3,(H,22,23). The van der Waals surface area contributed by atoms with Crippen LogP contribution in [0.1, 0.15) is 42.6 Å². The van der Waals surface area contributed by atoms with Crippen molar-refractivity contribution in [3.05, 3.63) is 29.3 Å². The number of carbonyl (C=O) groups excluding carboxylic acids is 1. The van der Waals surface area contributed by atoms with Crippen molar-refractivity contribution in [3.8, 4) is 5.75 Å². The molecule has 0 spiro atoms. The van der Waals surface area contributed by atoms with Gasteiger partial charge in [0.1, 0.15) is 11.9 Å². The largest absolute Gasteiger partial charge is 0.488 e. The fraction of sp³-hybridized carbons (Fsp3) is 0.579. The van der Waals surface area contributed by atoms with Crippen molar-refractivity contribution in [2.24, 2.45) is 11.8 Å². The van der Waals surface area contributed by atoms with Crippen LogP contribution in [0.5, 0.6) is 5.75 Å². The summed E-state index contributed by atoms with van der Waals surface area (Å²) in [7, 11) is 0. The lowest BCUT2D eigenvalue weighted by atomic mass is 9.97. The quantitative estimate of drug-likeness (QED) is 0.909. The second kappa shape index (κ2) is 7.44. The van der Waals surface area contributed by atoms with Gasteiger partial charge in [0.2, 0.25) is 5.91 Å². The second-order valence-corrected chi connectivity index (χ2v) is 7.13. The minimum Gasteiger partial charge on any atom is -0.488 e. The Bertz CT molecular complexity index is 651. The van der Waals surface area contributed by atoms with E-state index in [-0.39, 0.29) is 29.4 Å². The number of amides is 1. The molecule has 1 aromatic rings. The number of hydrogen-bond donors (Lipinski definition) is 1. The predicted octanol–water partition coefficient (Wildman–Crippen LogP) is 2.56. The van der Waals surface area contributed by atoms with Crippen LogP contribution in [0.2, 0.25) is 0 Å². The summed E-state index contributed by atoms with van der Waals surface area (Å²) in [5.41, 5.74) is 1.05. The van der Waals surface area contributed by atoms with E-state index in [4.69, 9.17) is 9.47 Å². The zero-order valence-corrected chi connectivity index (χ0v) is 14.7. The number of benzene rings is 1. The molecule has 3 rings (SSSR count). The minimum absolute atomic E-state index is 0.00130. The Balaban J connectivity index is 1.87. The highest BCUT2D eigenvalue weighted by atomic mass is 16.5. The van der Waals surface area contributed by atoms with Crippen molar-refractivity contribution >= 4 is 11.9 Å². The van der Waals surface area contributed by atoms with Crippen LogP contribution in [-0.4, -0.2) is 47.7 Å². The number of nitrogens with zero attached hydrogens (tertiary/aromatic N) is 1. The van der Waals surface area contributed by atoms with Gasteiger partial charge >= 0.3 is 5.97 Å². The lowest BCUT2D eigenvalue weighted by molar-refractivity contribution is -0.140. The van der Waals surface area contributed by atoms with E-state index in [2.05, 4.69) is 0 Å². The molecule has 6 heteroatoms. The molecule has 1 amide bonds. The number of carboxylic acid groups (broad SMARTS) is 1. The van der Waals surface area contributed by atoms with E-state index in [9.17, 15) is 14.7 Å². The third-order valence-electron chi connectivity index (χ3n) is 4.98. The first-order valence-corrected chi connectivity index (χ1v) is 8.85. The van der Waals surface area contributed by atoms with Gasteiger partial charge in [-0.25, -0.2) is 4.79 Å². The highest BCUT2D eigenvalue weighted by Gasteiger charge is 2.32. The van der Waals surface area contributed by atoms with Gasteiger partial charge in [-0.1, -0.05) is 19.9 Å². The Morgan fingerprint density at radius 3 is 2.60 bits per heavy atom. The van der Waals surface area contributed by atoms with Crippen LogP contribution in [0.15, 0.2) is 18.2 Å². The Labute approximate surface area is 147 Å². The molecule has 1 fully saturated rings. The molecule has 2 heterocycles. The van der Waals surface area contributed by atoms with Gasteiger partial charge in [0, 0.05) is 31.2 Å². The highest BCUT2D eigenvalue weighted by molar-refractivity contribution is 5.88. The number of fused-ring (bicyclic) bond motifs is 1. The lowest BCUT2D eigenvalue weighted by Gasteiger charge is -2.30. The molecule has 25 heavy (non-hydrogen) atoms. The average molecular weight is 347 g/mol. The summed E-state index contributed by atoms with van der Waals surface area (Å²) in [6, 6.07) is 4.89. The van der Waals surface area contributed by atoms with Crippen molar-refractivity contribution in [3.63, 3.8) is 0 Å². The van der Waals surface area contributed by atoms with Gasteiger partial charge in [-0.2, -0.15) is 0 Å². The molecule has 1 atom stereocenters. The Hall–Kier alpha value is -2.08. The van der Waals surface area contributed by atoms with E-state index in [1.165, 1.54) is 0 Å². The van der Waals surface area contributed by atoms with E-state index in [1.807, 2.05) is 18.7 Å².